The van der Waals surface area contributed by atoms with Gasteiger partial charge in [0.05, 0.1) is 17.1 Å². The lowest BCUT2D eigenvalue weighted by Crippen LogP contribution is -2.51. The van der Waals surface area contributed by atoms with E-state index in [2.05, 4.69) is 75.3 Å². The number of rotatable bonds is 5. The summed E-state index contributed by atoms with van der Waals surface area (Å²) >= 11 is 0. The fourth-order valence-corrected chi connectivity index (χ4v) is 4.98. The minimum Gasteiger partial charge on any atom is -0.298 e. The summed E-state index contributed by atoms with van der Waals surface area (Å²) < 4.78 is 2.05. The molecule has 30 heavy (non-hydrogen) atoms. The molecule has 2 fully saturated rings. The molecule has 0 radical (unpaired) electrons. The lowest BCUT2D eigenvalue weighted by Gasteiger charge is -2.42. The van der Waals surface area contributed by atoms with Crippen molar-refractivity contribution < 1.29 is 0 Å². The molecule has 3 aromatic rings. The summed E-state index contributed by atoms with van der Waals surface area (Å²) in [5.74, 6) is 0.941. The molecule has 0 amide bonds. The molecule has 0 spiro atoms. The van der Waals surface area contributed by atoms with Crippen molar-refractivity contribution >= 4 is 10.9 Å². The van der Waals surface area contributed by atoms with Gasteiger partial charge >= 0.3 is 0 Å². The van der Waals surface area contributed by atoms with Crippen molar-refractivity contribution in [3.05, 3.63) is 47.9 Å². The number of hydrogen-bond donors (Lipinski definition) is 0. The summed E-state index contributed by atoms with van der Waals surface area (Å²) in [5.41, 5.74) is 2.13. The van der Waals surface area contributed by atoms with E-state index in [1.165, 1.54) is 24.9 Å². The van der Waals surface area contributed by atoms with Crippen LogP contribution in [-0.4, -0.2) is 67.2 Å². The highest BCUT2D eigenvalue weighted by Crippen LogP contribution is 2.35. The number of pyridine rings is 1. The molecule has 2 aliphatic rings. The van der Waals surface area contributed by atoms with Crippen LogP contribution >= 0.6 is 0 Å². The van der Waals surface area contributed by atoms with Crippen LogP contribution in [0.5, 0.6) is 0 Å². The van der Waals surface area contributed by atoms with Crippen LogP contribution in [0.2, 0.25) is 0 Å². The van der Waals surface area contributed by atoms with Crippen LogP contribution in [0.15, 0.2) is 36.5 Å². The number of nitrogens with zero attached hydrogens (tertiary/aromatic N) is 7. The SMILES string of the molecule is CCC(C)(C)n1nnnc1[C@@H](c1ccc2ncccc2c1)N1CCN2CCC[C@@H]2C1. The van der Waals surface area contributed by atoms with Crippen molar-refractivity contribution in [3.63, 3.8) is 0 Å². The molecule has 2 saturated heterocycles. The monoisotopic (exact) mass is 405 g/mol. The van der Waals surface area contributed by atoms with E-state index in [0.717, 1.165) is 42.8 Å². The maximum absolute atomic E-state index is 4.58. The summed E-state index contributed by atoms with van der Waals surface area (Å²) in [6, 6.07) is 11.4. The molecule has 0 bridgehead atoms. The Balaban J connectivity index is 1.60. The van der Waals surface area contributed by atoms with Gasteiger partial charge in [0.2, 0.25) is 0 Å². The van der Waals surface area contributed by atoms with Crippen molar-refractivity contribution in [2.45, 2.75) is 57.7 Å². The third-order valence-electron chi connectivity index (χ3n) is 7.10. The number of tetrazole rings is 1. The van der Waals surface area contributed by atoms with Gasteiger partial charge in [-0.25, -0.2) is 4.68 Å². The van der Waals surface area contributed by atoms with E-state index in [-0.39, 0.29) is 11.6 Å². The Hall–Kier alpha value is -2.38. The lowest BCUT2D eigenvalue weighted by atomic mass is 9.97. The van der Waals surface area contributed by atoms with Crippen LogP contribution in [0.1, 0.15) is 57.5 Å². The van der Waals surface area contributed by atoms with E-state index in [9.17, 15) is 0 Å². The van der Waals surface area contributed by atoms with Crippen molar-refractivity contribution in [1.29, 1.82) is 0 Å². The molecule has 5 rings (SSSR count). The first-order valence-corrected chi connectivity index (χ1v) is 11.2. The molecular weight excluding hydrogens is 374 g/mol. The van der Waals surface area contributed by atoms with Crippen molar-refractivity contribution in [2.24, 2.45) is 0 Å². The Labute approximate surface area is 178 Å². The first-order chi connectivity index (χ1) is 14.6. The highest BCUT2D eigenvalue weighted by Gasteiger charge is 2.38. The van der Waals surface area contributed by atoms with Crippen molar-refractivity contribution in [3.8, 4) is 0 Å². The molecule has 0 saturated carbocycles. The zero-order valence-electron chi connectivity index (χ0n) is 18.2. The Morgan fingerprint density at radius 1 is 1.17 bits per heavy atom. The molecule has 1 aromatic carbocycles. The van der Waals surface area contributed by atoms with Crippen molar-refractivity contribution in [2.75, 3.05) is 26.2 Å². The number of hydrogen-bond acceptors (Lipinski definition) is 6. The minimum absolute atomic E-state index is 0.0400. The van der Waals surface area contributed by atoms with Gasteiger partial charge in [-0.3, -0.25) is 14.8 Å². The van der Waals surface area contributed by atoms with E-state index >= 15 is 0 Å². The number of benzene rings is 1. The van der Waals surface area contributed by atoms with Crippen LogP contribution in [0.4, 0.5) is 0 Å². The molecule has 4 heterocycles. The summed E-state index contributed by atoms with van der Waals surface area (Å²) in [6.45, 7) is 11.1. The average molecular weight is 406 g/mol. The van der Waals surface area contributed by atoms with Gasteiger partial charge in [0.15, 0.2) is 5.82 Å². The second-order valence-electron chi connectivity index (χ2n) is 9.30. The molecule has 0 unspecified atom stereocenters. The normalized spacial score (nSPS) is 21.8. The molecular formula is C23H31N7. The van der Waals surface area contributed by atoms with Crippen LogP contribution < -0.4 is 0 Å². The van der Waals surface area contributed by atoms with E-state index < -0.39 is 0 Å². The average Bonchev–Trinajstić information content (AvgIpc) is 3.43. The first kappa shape index (κ1) is 19.6. The molecule has 7 heteroatoms. The molecule has 0 aliphatic carbocycles. The van der Waals surface area contributed by atoms with Gasteiger partial charge < -0.3 is 0 Å². The smallest absolute Gasteiger partial charge is 0.173 e. The molecule has 2 aromatic heterocycles. The van der Waals surface area contributed by atoms with Gasteiger partial charge in [0.25, 0.3) is 0 Å². The lowest BCUT2D eigenvalue weighted by molar-refractivity contribution is 0.0771. The van der Waals surface area contributed by atoms with Gasteiger partial charge in [-0.1, -0.05) is 19.1 Å². The Kier molecular flexibility index (Phi) is 5.03. The minimum atomic E-state index is -0.134. The maximum atomic E-state index is 4.58. The molecule has 2 aliphatic heterocycles. The number of fused-ring (bicyclic) bond motifs is 2. The summed E-state index contributed by atoms with van der Waals surface area (Å²) in [7, 11) is 0. The summed E-state index contributed by atoms with van der Waals surface area (Å²) in [6.07, 6.45) is 5.42. The molecule has 158 valence electrons. The predicted octanol–water partition coefficient (Wildman–Crippen LogP) is 3.24. The fraction of sp³-hybridized carbons (Fsp3) is 0.565. The molecule has 7 nitrogen and oxygen atoms in total. The Morgan fingerprint density at radius 3 is 2.93 bits per heavy atom. The van der Waals surface area contributed by atoms with Gasteiger partial charge in [0.1, 0.15) is 0 Å². The second-order valence-corrected chi connectivity index (χ2v) is 9.30. The van der Waals surface area contributed by atoms with Gasteiger partial charge in [0, 0.05) is 37.3 Å². The topological polar surface area (TPSA) is 63.0 Å². The maximum Gasteiger partial charge on any atom is 0.173 e. The van der Waals surface area contributed by atoms with Crippen molar-refractivity contribution in [1.82, 2.24) is 35.0 Å². The second kappa shape index (κ2) is 7.71. The Bertz CT molecular complexity index is 1030. The first-order valence-electron chi connectivity index (χ1n) is 11.2. The zero-order chi connectivity index (χ0) is 20.7. The van der Waals surface area contributed by atoms with E-state index in [1.807, 2.05) is 16.9 Å². The largest absolute Gasteiger partial charge is 0.298 e. The zero-order valence-corrected chi connectivity index (χ0v) is 18.2. The van der Waals surface area contributed by atoms with Crippen LogP contribution in [-0.2, 0) is 5.54 Å². The van der Waals surface area contributed by atoms with Crippen LogP contribution in [0.3, 0.4) is 0 Å². The van der Waals surface area contributed by atoms with Crippen LogP contribution in [0, 0.1) is 0 Å². The predicted molar refractivity (Wildman–Crippen MR) is 117 cm³/mol. The van der Waals surface area contributed by atoms with Gasteiger partial charge in [-0.05, 0) is 73.8 Å². The number of aromatic nitrogens is 5. The molecule has 2 atom stereocenters. The van der Waals surface area contributed by atoms with Crippen LogP contribution in [0.25, 0.3) is 10.9 Å². The third-order valence-corrected chi connectivity index (χ3v) is 7.10. The van der Waals surface area contributed by atoms with E-state index in [4.69, 9.17) is 0 Å². The number of piperazine rings is 1. The standard InChI is InChI=1S/C23H31N7/c1-4-23(2,3)30-22(25-26-27-30)21(29-14-13-28-12-6-8-19(28)16-29)18-9-10-20-17(15-18)7-5-11-24-20/h5,7,9-11,15,19,21H,4,6,8,12-14,16H2,1-3H3/t19-,21-/m1/s1. The fourth-order valence-electron chi connectivity index (χ4n) is 4.98. The Morgan fingerprint density at radius 2 is 2.07 bits per heavy atom. The summed E-state index contributed by atoms with van der Waals surface area (Å²) in [5, 5.41) is 14.3. The third kappa shape index (κ3) is 3.40. The quantitative estimate of drug-likeness (QED) is 0.649. The molecule has 0 N–H and O–H groups in total. The highest BCUT2D eigenvalue weighted by atomic mass is 15.6. The highest BCUT2D eigenvalue weighted by molar-refractivity contribution is 5.79. The van der Waals surface area contributed by atoms with E-state index in [0.29, 0.717) is 6.04 Å². The van der Waals surface area contributed by atoms with E-state index in [1.54, 1.807) is 0 Å². The summed E-state index contributed by atoms with van der Waals surface area (Å²) in [4.78, 5) is 9.75. The van der Waals surface area contributed by atoms with Gasteiger partial charge in [-0.2, -0.15) is 0 Å². The van der Waals surface area contributed by atoms with Gasteiger partial charge in [-0.15, -0.1) is 5.10 Å².